The second-order valence-corrected chi connectivity index (χ2v) is 5.36. The van der Waals surface area contributed by atoms with Crippen LogP contribution in [0, 0.1) is 0 Å². The van der Waals surface area contributed by atoms with E-state index in [1.54, 1.807) is 13.3 Å². The van der Waals surface area contributed by atoms with Crippen LogP contribution in [0.5, 0.6) is 5.75 Å². The zero-order valence-electron chi connectivity index (χ0n) is 13.3. The van der Waals surface area contributed by atoms with Crippen molar-refractivity contribution in [3.05, 3.63) is 48.4 Å². The van der Waals surface area contributed by atoms with E-state index in [2.05, 4.69) is 10.4 Å². The van der Waals surface area contributed by atoms with E-state index in [1.165, 1.54) is 0 Å². The van der Waals surface area contributed by atoms with Crippen LogP contribution in [0.25, 0.3) is 10.9 Å². The number of carbonyl (C=O) groups is 1. The van der Waals surface area contributed by atoms with Gasteiger partial charge in [-0.2, -0.15) is 5.10 Å². The van der Waals surface area contributed by atoms with Crippen LogP contribution in [0.3, 0.4) is 0 Å². The third kappa shape index (κ3) is 3.06. The molecular weight excluding hydrogens is 292 g/mol. The Bertz CT molecular complexity index is 805. The number of amides is 1. The summed E-state index contributed by atoms with van der Waals surface area (Å²) in [7, 11) is 3.53. The fraction of sp³-hybridized carbons (Fsp3) is 0.294. The number of ether oxygens (including phenoxy) is 1. The molecule has 0 fully saturated rings. The van der Waals surface area contributed by atoms with Crippen LogP contribution < -0.4 is 10.1 Å². The molecule has 3 aromatic rings. The molecule has 6 nitrogen and oxygen atoms in total. The third-order valence-electron chi connectivity index (χ3n) is 3.91. The molecule has 0 radical (unpaired) electrons. The Balaban J connectivity index is 1.67. The fourth-order valence-electron chi connectivity index (χ4n) is 2.70. The number of benzene rings is 1. The van der Waals surface area contributed by atoms with Gasteiger partial charge in [-0.05, 0) is 30.7 Å². The molecular formula is C17H20N4O2. The van der Waals surface area contributed by atoms with E-state index in [9.17, 15) is 4.79 Å². The molecule has 6 heteroatoms. The summed E-state index contributed by atoms with van der Waals surface area (Å²) in [5.41, 5.74) is 1.61. The summed E-state index contributed by atoms with van der Waals surface area (Å²) >= 11 is 0. The molecule has 0 saturated heterocycles. The van der Waals surface area contributed by atoms with Gasteiger partial charge in [0.15, 0.2) is 0 Å². The Morgan fingerprint density at radius 3 is 2.96 bits per heavy atom. The van der Waals surface area contributed by atoms with Crippen LogP contribution in [0.1, 0.15) is 16.9 Å². The van der Waals surface area contributed by atoms with Crippen LogP contribution in [0.2, 0.25) is 0 Å². The number of rotatable bonds is 6. The summed E-state index contributed by atoms with van der Waals surface area (Å²) < 4.78 is 9.11. The third-order valence-corrected chi connectivity index (χ3v) is 3.91. The first-order valence-corrected chi connectivity index (χ1v) is 7.59. The number of carbonyl (C=O) groups excluding carboxylic acids is 1. The number of methoxy groups -OCH3 is 1. The lowest BCUT2D eigenvalue weighted by Gasteiger charge is -2.07. The zero-order chi connectivity index (χ0) is 16.2. The second-order valence-electron chi connectivity index (χ2n) is 5.36. The van der Waals surface area contributed by atoms with Gasteiger partial charge in [0.1, 0.15) is 11.4 Å². The van der Waals surface area contributed by atoms with Crippen molar-refractivity contribution in [2.45, 2.75) is 13.0 Å². The van der Waals surface area contributed by atoms with Crippen molar-refractivity contribution >= 4 is 16.8 Å². The lowest BCUT2D eigenvalue weighted by atomic mass is 10.2. The van der Waals surface area contributed by atoms with E-state index < -0.39 is 0 Å². The molecule has 0 aliphatic rings. The van der Waals surface area contributed by atoms with Gasteiger partial charge in [-0.15, -0.1) is 0 Å². The quantitative estimate of drug-likeness (QED) is 0.710. The van der Waals surface area contributed by atoms with Crippen LogP contribution in [0.15, 0.2) is 42.7 Å². The maximum atomic E-state index is 12.4. The molecule has 3 rings (SSSR count). The Kier molecular flexibility index (Phi) is 4.32. The molecule has 0 bridgehead atoms. The number of hydrogen-bond donors (Lipinski definition) is 1. The Labute approximate surface area is 134 Å². The summed E-state index contributed by atoms with van der Waals surface area (Å²) in [6.07, 6.45) is 4.50. The predicted octanol–water partition coefficient (Wildman–Crippen LogP) is 2.20. The molecule has 1 N–H and O–H groups in total. The minimum Gasteiger partial charge on any atom is -0.496 e. The first-order valence-electron chi connectivity index (χ1n) is 7.59. The van der Waals surface area contributed by atoms with Crippen molar-refractivity contribution in [1.82, 2.24) is 19.7 Å². The first-order chi connectivity index (χ1) is 11.2. The predicted molar refractivity (Wildman–Crippen MR) is 88.6 cm³/mol. The average Bonchev–Trinajstić information content (AvgIpc) is 3.19. The molecule has 0 atom stereocenters. The highest BCUT2D eigenvalue weighted by molar-refractivity contribution is 6.00. The minimum atomic E-state index is -0.0776. The van der Waals surface area contributed by atoms with Crippen molar-refractivity contribution in [1.29, 1.82) is 0 Å². The highest BCUT2D eigenvalue weighted by Gasteiger charge is 2.15. The van der Waals surface area contributed by atoms with Gasteiger partial charge in [0, 0.05) is 37.9 Å². The normalized spacial score (nSPS) is 10.9. The smallest absolute Gasteiger partial charge is 0.267 e. The second kappa shape index (κ2) is 6.56. The van der Waals surface area contributed by atoms with E-state index in [4.69, 9.17) is 4.74 Å². The summed E-state index contributed by atoms with van der Waals surface area (Å²) in [6, 6.07) is 9.56. The first kappa shape index (κ1) is 15.1. The molecule has 1 amide bonds. The number of hydrogen-bond acceptors (Lipinski definition) is 3. The molecule has 2 aromatic heterocycles. The summed E-state index contributed by atoms with van der Waals surface area (Å²) in [4.78, 5) is 12.4. The van der Waals surface area contributed by atoms with E-state index >= 15 is 0 Å². The van der Waals surface area contributed by atoms with Crippen LogP contribution >= 0.6 is 0 Å². The van der Waals surface area contributed by atoms with E-state index in [1.807, 2.05) is 52.8 Å². The summed E-state index contributed by atoms with van der Waals surface area (Å²) in [5.74, 6) is 0.696. The Hall–Kier alpha value is -2.76. The lowest BCUT2D eigenvalue weighted by molar-refractivity contribution is 0.0945. The largest absolute Gasteiger partial charge is 0.496 e. The molecule has 0 aliphatic heterocycles. The topological polar surface area (TPSA) is 61.1 Å². The van der Waals surface area contributed by atoms with Gasteiger partial charge in [0.2, 0.25) is 0 Å². The Morgan fingerprint density at radius 2 is 2.22 bits per heavy atom. The van der Waals surface area contributed by atoms with Gasteiger partial charge < -0.3 is 14.6 Å². The molecule has 2 heterocycles. The van der Waals surface area contributed by atoms with Gasteiger partial charge in [-0.3, -0.25) is 9.48 Å². The number of aromatic nitrogens is 3. The SMILES string of the molecule is COc1cccc2c1cc(C(=O)NCCCn1cccn1)n2C. The molecule has 0 saturated carbocycles. The standard InChI is InChI=1S/C17H20N4O2/c1-20-14-6-3-7-16(23-2)13(14)12-15(20)17(22)18-8-4-10-21-11-5-9-19-21/h3,5-7,9,11-12H,4,8,10H2,1-2H3,(H,18,22). The molecule has 0 spiro atoms. The number of fused-ring (bicyclic) bond motifs is 1. The van der Waals surface area contributed by atoms with Crippen molar-refractivity contribution in [2.24, 2.45) is 7.05 Å². The monoisotopic (exact) mass is 312 g/mol. The van der Waals surface area contributed by atoms with E-state index in [0.29, 0.717) is 12.2 Å². The maximum absolute atomic E-state index is 12.4. The lowest BCUT2D eigenvalue weighted by Crippen LogP contribution is -2.27. The molecule has 0 aliphatic carbocycles. The fourth-order valence-corrected chi connectivity index (χ4v) is 2.70. The average molecular weight is 312 g/mol. The zero-order valence-corrected chi connectivity index (χ0v) is 13.3. The molecule has 0 unspecified atom stereocenters. The number of nitrogens with zero attached hydrogens (tertiary/aromatic N) is 3. The van der Waals surface area contributed by atoms with Crippen LogP contribution in [-0.4, -0.2) is 33.9 Å². The van der Waals surface area contributed by atoms with Crippen molar-refractivity contribution in [2.75, 3.05) is 13.7 Å². The molecule has 1 aromatic carbocycles. The number of nitrogens with one attached hydrogen (secondary N) is 1. The van der Waals surface area contributed by atoms with E-state index in [0.717, 1.165) is 29.6 Å². The highest BCUT2D eigenvalue weighted by Crippen LogP contribution is 2.27. The molecule has 120 valence electrons. The van der Waals surface area contributed by atoms with E-state index in [-0.39, 0.29) is 5.91 Å². The van der Waals surface area contributed by atoms with Gasteiger partial charge in [-0.1, -0.05) is 6.07 Å². The number of aryl methyl sites for hydroxylation is 2. The van der Waals surface area contributed by atoms with Crippen LogP contribution in [-0.2, 0) is 13.6 Å². The highest BCUT2D eigenvalue weighted by atomic mass is 16.5. The molecule has 23 heavy (non-hydrogen) atoms. The van der Waals surface area contributed by atoms with Crippen LogP contribution in [0.4, 0.5) is 0 Å². The van der Waals surface area contributed by atoms with Crippen molar-refractivity contribution < 1.29 is 9.53 Å². The Morgan fingerprint density at radius 1 is 1.35 bits per heavy atom. The van der Waals surface area contributed by atoms with Gasteiger partial charge in [0.05, 0.1) is 12.6 Å². The summed E-state index contributed by atoms with van der Waals surface area (Å²) in [6.45, 7) is 1.40. The van der Waals surface area contributed by atoms with Gasteiger partial charge >= 0.3 is 0 Å². The van der Waals surface area contributed by atoms with Gasteiger partial charge in [-0.25, -0.2) is 0 Å². The van der Waals surface area contributed by atoms with Crippen molar-refractivity contribution in [3.63, 3.8) is 0 Å². The summed E-state index contributed by atoms with van der Waals surface area (Å²) in [5, 5.41) is 8.04. The minimum absolute atomic E-state index is 0.0776. The maximum Gasteiger partial charge on any atom is 0.267 e. The van der Waals surface area contributed by atoms with Gasteiger partial charge in [0.25, 0.3) is 5.91 Å². The van der Waals surface area contributed by atoms with Crippen molar-refractivity contribution in [3.8, 4) is 5.75 Å².